The van der Waals surface area contributed by atoms with Crippen molar-refractivity contribution in [3.05, 3.63) is 71.8 Å². The van der Waals surface area contributed by atoms with E-state index in [9.17, 15) is 10.2 Å². The Labute approximate surface area is 165 Å². The first-order valence-electron chi connectivity index (χ1n) is 9.60. The maximum Gasteiger partial charge on any atom is 0.186 e. The predicted molar refractivity (Wildman–Crippen MR) is 103 cm³/mol. The largest absolute Gasteiger partial charge is 0.394 e. The van der Waals surface area contributed by atoms with E-state index in [-0.39, 0.29) is 6.61 Å². The molecule has 1 aliphatic heterocycles. The number of benzene rings is 2. The Morgan fingerprint density at radius 2 is 1.36 bits per heavy atom. The van der Waals surface area contributed by atoms with Gasteiger partial charge in [0.25, 0.3) is 0 Å². The number of hydrogen-bond acceptors (Lipinski definition) is 6. The Hall–Kier alpha value is -1.80. The molecule has 0 bridgehead atoms. The molecule has 2 aromatic rings. The van der Waals surface area contributed by atoms with Crippen LogP contribution in [0.1, 0.15) is 18.1 Å². The minimum atomic E-state index is -1.03. The van der Waals surface area contributed by atoms with E-state index in [4.69, 9.17) is 18.9 Å². The van der Waals surface area contributed by atoms with Gasteiger partial charge in [-0.3, -0.25) is 0 Å². The van der Waals surface area contributed by atoms with Crippen LogP contribution in [0, 0.1) is 0 Å². The van der Waals surface area contributed by atoms with Crippen LogP contribution in [-0.2, 0) is 32.2 Å². The predicted octanol–water partition coefficient (Wildman–Crippen LogP) is 2.27. The van der Waals surface area contributed by atoms with E-state index in [0.717, 1.165) is 11.1 Å². The Balaban J connectivity index is 1.74. The summed E-state index contributed by atoms with van der Waals surface area (Å²) in [5, 5.41) is 20.6. The van der Waals surface area contributed by atoms with E-state index in [1.807, 2.05) is 67.6 Å². The van der Waals surface area contributed by atoms with Gasteiger partial charge in [0.1, 0.15) is 24.4 Å². The fraction of sp³-hybridized carbons (Fsp3) is 0.455. The third-order valence-electron chi connectivity index (χ3n) is 4.70. The zero-order valence-corrected chi connectivity index (χ0v) is 16.0. The average Bonchev–Trinajstić information content (AvgIpc) is 2.74. The summed E-state index contributed by atoms with van der Waals surface area (Å²) in [7, 11) is 0. The SMILES string of the molecule is CCO[C@@H]1O[C@H](CO)[C@@H](OCc2ccccc2)[C@H](OCc2ccccc2)[C@H]1O. The minimum Gasteiger partial charge on any atom is -0.394 e. The van der Waals surface area contributed by atoms with Gasteiger partial charge in [-0.05, 0) is 18.1 Å². The van der Waals surface area contributed by atoms with Crippen molar-refractivity contribution in [2.45, 2.75) is 50.8 Å². The molecule has 28 heavy (non-hydrogen) atoms. The van der Waals surface area contributed by atoms with E-state index in [0.29, 0.717) is 19.8 Å². The van der Waals surface area contributed by atoms with Gasteiger partial charge < -0.3 is 29.2 Å². The molecule has 1 heterocycles. The molecular weight excluding hydrogens is 360 g/mol. The van der Waals surface area contributed by atoms with E-state index in [1.165, 1.54) is 0 Å². The smallest absolute Gasteiger partial charge is 0.186 e. The zero-order chi connectivity index (χ0) is 19.8. The highest BCUT2D eigenvalue weighted by molar-refractivity contribution is 5.14. The Morgan fingerprint density at radius 1 is 0.821 bits per heavy atom. The third kappa shape index (κ3) is 5.38. The van der Waals surface area contributed by atoms with Gasteiger partial charge in [-0.2, -0.15) is 0 Å². The summed E-state index contributed by atoms with van der Waals surface area (Å²) >= 11 is 0. The molecular formula is C22H28O6. The fourth-order valence-electron chi connectivity index (χ4n) is 3.27. The first kappa shape index (κ1) is 20.9. The summed E-state index contributed by atoms with van der Waals surface area (Å²) in [5.41, 5.74) is 1.97. The van der Waals surface area contributed by atoms with E-state index in [2.05, 4.69) is 0 Å². The second-order valence-electron chi connectivity index (χ2n) is 6.69. The first-order chi connectivity index (χ1) is 13.7. The summed E-state index contributed by atoms with van der Waals surface area (Å²) in [6, 6.07) is 19.4. The van der Waals surface area contributed by atoms with Crippen LogP contribution < -0.4 is 0 Å². The van der Waals surface area contributed by atoms with E-state index < -0.39 is 30.7 Å². The van der Waals surface area contributed by atoms with Crippen LogP contribution in [0.5, 0.6) is 0 Å². The van der Waals surface area contributed by atoms with E-state index in [1.54, 1.807) is 0 Å². The Bertz CT molecular complexity index is 680. The van der Waals surface area contributed by atoms with Gasteiger partial charge in [0.2, 0.25) is 0 Å². The van der Waals surface area contributed by atoms with Gasteiger partial charge in [-0.25, -0.2) is 0 Å². The molecule has 1 aliphatic rings. The normalized spacial score (nSPS) is 27.6. The monoisotopic (exact) mass is 388 g/mol. The van der Waals surface area contributed by atoms with Crippen LogP contribution in [0.2, 0.25) is 0 Å². The van der Waals surface area contributed by atoms with Crippen LogP contribution in [0.3, 0.4) is 0 Å². The molecule has 0 spiro atoms. The van der Waals surface area contributed by atoms with Gasteiger partial charge in [-0.15, -0.1) is 0 Å². The topological polar surface area (TPSA) is 77.4 Å². The maximum absolute atomic E-state index is 10.8. The Morgan fingerprint density at radius 3 is 1.86 bits per heavy atom. The van der Waals surface area contributed by atoms with Gasteiger partial charge in [0.15, 0.2) is 6.29 Å². The molecule has 0 saturated carbocycles. The van der Waals surface area contributed by atoms with Crippen molar-refractivity contribution in [2.75, 3.05) is 13.2 Å². The van der Waals surface area contributed by atoms with Crippen LogP contribution in [-0.4, -0.2) is 54.1 Å². The molecule has 1 saturated heterocycles. The van der Waals surface area contributed by atoms with Crippen molar-refractivity contribution in [3.8, 4) is 0 Å². The number of aliphatic hydroxyl groups excluding tert-OH is 2. The van der Waals surface area contributed by atoms with Gasteiger partial charge in [0.05, 0.1) is 19.8 Å². The number of ether oxygens (including phenoxy) is 4. The molecule has 1 fully saturated rings. The summed E-state index contributed by atoms with van der Waals surface area (Å²) < 4.78 is 23.3. The Kier molecular flexibility index (Phi) is 7.97. The second-order valence-corrected chi connectivity index (χ2v) is 6.69. The minimum absolute atomic E-state index is 0.263. The standard InChI is InChI=1S/C22H28O6/c1-2-25-22-19(24)21(27-15-17-11-7-4-8-12-17)20(18(13-23)28-22)26-14-16-9-5-3-6-10-16/h3-12,18-24H,2,13-15H2,1H3/t18-,19-,20-,21-,22-/m1/s1. The lowest BCUT2D eigenvalue weighted by atomic mass is 9.98. The van der Waals surface area contributed by atoms with E-state index >= 15 is 0 Å². The molecule has 0 unspecified atom stereocenters. The maximum atomic E-state index is 10.8. The number of hydrogen-bond donors (Lipinski definition) is 2. The van der Waals surface area contributed by atoms with Gasteiger partial charge in [-0.1, -0.05) is 60.7 Å². The highest BCUT2D eigenvalue weighted by Crippen LogP contribution is 2.28. The van der Waals surface area contributed by atoms with Crippen molar-refractivity contribution in [1.29, 1.82) is 0 Å². The lowest BCUT2D eigenvalue weighted by Gasteiger charge is -2.43. The van der Waals surface area contributed by atoms with Crippen molar-refractivity contribution < 1.29 is 29.2 Å². The fourth-order valence-corrected chi connectivity index (χ4v) is 3.27. The summed E-state index contributed by atoms with van der Waals surface area (Å²) in [6.45, 7) is 2.57. The molecule has 5 atom stereocenters. The van der Waals surface area contributed by atoms with Crippen molar-refractivity contribution in [3.63, 3.8) is 0 Å². The van der Waals surface area contributed by atoms with Crippen molar-refractivity contribution in [2.24, 2.45) is 0 Å². The lowest BCUT2D eigenvalue weighted by molar-refractivity contribution is -0.316. The van der Waals surface area contributed by atoms with Crippen LogP contribution >= 0.6 is 0 Å². The number of rotatable bonds is 9. The highest BCUT2D eigenvalue weighted by atomic mass is 16.7. The third-order valence-corrected chi connectivity index (χ3v) is 4.70. The van der Waals surface area contributed by atoms with Crippen LogP contribution in [0.15, 0.2) is 60.7 Å². The molecule has 2 N–H and O–H groups in total. The molecule has 0 aromatic heterocycles. The van der Waals surface area contributed by atoms with Crippen molar-refractivity contribution >= 4 is 0 Å². The summed E-state index contributed by atoms with van der Waals surface area (Å²) in [6.07, 6.45) is -3.91. The molecule has 3 rings (SSSR count). The molecule has 152 valence electrons. The van der Waals surface area contributed by atoms with Gasteiger partial charge in [0, 0.05) is 6.61 Å². The van der Waals surface area contributed by atoms with Gasteiger partial charge >= 0.3 is 0 Å². The zero-order valence-electron chi connectivity index (χ0n) is 16.0. The molecule has 2 aromatic carbocycles. The van der Waals surface area contributed by atoms with Crippen LogP contribution in [0.4, 0.5) is 0 Å². The molecule has 0 amide bonds. The highest BCUT2D eigenvalue weighted by Gasteiger charge is 2.47. The summed E-state index contributed by atoms with van der Waals surface area (Å²) in [4.78, 5) is 0. The van der Waals surface area contributed by atoms with Crippen molar-refractivity contribution in [1.82, 2.24) is 0 Å². The molecule has 6 nitrogen and oxygen atoms in total. The molecule has 6 heteroatoms. The molecule has 0 aliphatic carbocycles. The molecule has 0 radical (unpaired) electrons. The second kappa shape index (κ2) is 10.7. The summed E-state index contributed by atoms with van der Waals surface area (Å²) in [5.74, 6) is 0. The van der Waals surface area contributed by atoms with Crippen LogP contribution in [0.25, 0.3) is 0 Å². The number of aliphatic hydroxyl groups is 2. The lowest BCUT2D eigenvalue weighted by Crippen LogP contribution is -2.60. The quantitative estimate of drug-likeness (QED) is 0.686. The first-order valence-corrected chi connectivity index (χ1v) is 9.60. The average molecular weight is 388 g/mol.